The Balaban J connectivity index is 1.85. The molecule has 1 aromatic heterocycles. The molecule has 3 aromatic rings. The number of nitrogens with zero attached hydrogens (tertiary/aromatic N) is 3. The molecule has 206 valence electrons. The Morgan fingerprint density at radius 3 is 2.55 bits per heavy atom. The smallest absolute Gasteiger partial charge is 0.433 e. The van der Waals surface area contributed by atoms with E-state index in [9.17, 15) is 22.4 Å². The average molecular weight is 618 g/mol. The molecule has 0 bridgehead atoms. The van der Waals surface area contributed by atoms with E-state index in [0.717, 1.165) is 16.8 Å². The minimum atomic E-state index is -4.73. The Bertz CT molecular complexity index is 1340. The first-order valence-electron chi connectivity index (χ1n) is 11.6. The lowest BCUT2D eigenvalue weighted by molar-refractivity contribution is -0.146. The third-order valence-corrected chi connectivity index (χ3v) is 8.07. The van der Waals surface area contributed by atoms with E-state index in [-0.39, 0.29) is 30.3 Å². The third kappa shape index (κ3) is 6.02. The summed E-state index contributed by atoms with van der Waals surface area (Å²) in [7, 11) is 0.444. The fourth-order valence-corrected chi connectivity index (χ4v) is 5.28. The number of hydrogen-bond donors (Lipinski definition) is 0. The average Bonchev–Trinajstić information content (AvgIpc) is 3.38. The molecular formula is C26H28BrF4N3O3S. The molecule has 2 aromatic carbocycles. The van der Waals surface area contributed by atoms with Gasteiger partial charge in [0.15, 0.2) is 0 Å². The highest BCUT2D eigenvalue weighted by Crippen LogP contribution is 2.42. The topological polar surface area (TPSA) is 56.6 Å². The van der Waals surface area contributed by atoms with Crippen molar-refractivity contribution in [2.45, 2.75) is 25.5 Å². The van der Waals surface area contributed by atoms with Crippen LogP contribution in [0.4, 0.5) is 17.6 Å². The number of fused-ring (bicyclic) bond motifs is 1. The predicted molar refractivity (Wildman–Crippen MR) is 142 cm³/mol. The van der Waals surface area contributed by atoms with Gasteiger partial charge in [-0.15, -0.1) is 0 Å². The summed E-state index contributed by atoms with van der Waals surface area (Å²) in [6.07, 6.45) is 2.24. The van der Waals surface area contributed by atoms with E-state index in [4.69, 9.17) is 9.47 Å². The maximum Gasteiger partial charge on any atom is 0.433 e. The second kappa shape index (κ2) is 10.9. The van der Waals surface area contributed by atoms with Crippen molar-refractivity contribution in [3.05, 3.63) is 81.1 Å². The molecule has 0 saturated carbocycles. The number of halogens is 5. The van der Waals surface area contributed by atoms with Gasteiger partial charge in [-0.1, -0.05) is 22.0 Å². The second-order valence-corrected chi connectivity index (χ2v) is 15.3. The van der Waals surface area contributed by atoms with Gasteiger partial charge in [-0.3, -0.25) is 9.36 Å². The summed E-state index contributed by atoms with van der Waals surface area (Å²) in [4.78, 5) is 19.1. The third-order valence-electron chi connectivity index (χ3n) is 6.18. The molecule has 1 aliphatic rings. The number of imidazole rings is 1. The van der Waals surface area contributed by atoms with Gasteiger partial charge in [0.25, 0.3) is 5.91 Å². The highest BCUT2D eigenvalue weighted by Gasteiger charge is 2.42. The van der Waals surface area contributed by atoms with E-state index >= 15 is 0 Å². The van der Waals surface area contributed by atoms with Crippen molar-refractivity contribution < 1.29 is 31.8 Å². The zero-order valence-electron chi connectivity index (χ0n) is 21.3. The highest BCUT2D eigenvalue weighted by molar-refractivity contribution is 9.10. The van der Waals surface area contributed by atoms with Crippen molar-refractivity contribution in [2.75, 3.05) is 38.2 Å². The molecule has 0 spiro atoms. The fourth-order valence-electron chi connectivity index (χ4n) is 4.30. The van der Waals surface area contributed by atoms with Crippen LogP contribution in [0, 0.1) is 5.82 Å². The van der Waals surface area contributed by atoms with Crippen molar-refractivity contribution >= 4 is 31.9 Å². The van der Waals surface area contributed by atoms with Crippen LogP contribution >= 0.6 is 26.0 Å². The normalized spacial score (nSPS) is 15.1. The number of benzene rings is 2. The van der Waals surface area contributed by atoms with Crippen LogP contribution in [0.5, 0.6) is 5.75 Å². The summed E-state index contributed by atoms with van der Waals surface area (Å²) in [5, 5.41) is 0. The predicted octanol–water partition coefficient (Wildman–Crippen LogP) is 6.23. The number of carbonyl (C=O) groups is 1. The lowest BCUT2D eigenvalue weighted by atomic mass is 10.0. The number of hydrogen-bond acceptors (Lipinski definition) is 4. The zero-order chi connectivity index (χ0) is 27.8. The van der Waals surface area contributed by atoms with E-state index in [0.29, 0.717) is 21.4 Å². The lowest BCUT2D eigenvalue weighted by Gasteiger charge is -2.30. The number of rotatable bonds is 9. The van der Waals surface area contributed by atoms with E-state index < -0.39 is 46.4 Å². The first-order chi connectivity index (χ1) is 17.8. The van der Waals surface area contributed by atoms with Crippen molar-refractivity contribution in [1.29, 1.82) is 0 Å². The summed E-state index contributed by atoms with van der Waals surface area (Å²) in [6, 6.07) is 7.73. The molecule has 12 heteroatoms. The molecule has 0 N–H and O–H groups in total. The molecule has 1 amide bonds. The molecule has 1 unspecified atom stereocenters. The Morgan fingerprint density at radius 1 is 1.16 bits per heavy atom. The number of methoxy groups -OCH3 is 1. The van der Waals surface area contributed by atoms with Gasteiger partial charge in [-0.05, 0) is 54.7 Å². The largest absolute Gasteiger partial charge is 0.496 e. The van der Waals surface area contributed by atoms with Crippen LogP contribution in [-0.4, -0.2) is 58.6 Å². The zero-order valence-corrected chi connectivity index (χ0v) is 23.7. The van der Waals surface area contributed by atoms with Crippen molar-refractivity contribution in [1.82, 2.24) is 14.5 Å². The molecule has 0 fully saturated rings. The second-order valence-electron chi connectivity index (χ2n) is 9.78. The lowest BCUT2D eigenvalue weighted by Crippen LogP contribution is -2.33. The Labute approximate surface area is 228 Å². The number of amides is 1. The number of alkyl halides is 3. The molecule has 0 radical (unpaired) electrons. The monoisotopic (exact) mass is 617 g/mol. The van der Waals surface area contributed by atoms with Gasteiger partial charge in [0.2, 0.25) is 0 Å². The van der Waals surface area contributed by atoms with E-state index in [1.54, 1.807) is 18.2 Å². The molecule has 38 heavy (non-hydrogen) atoms. The Hall–Kier alpha value is -2.57. The maximum absolute atomic E-state index is 14.5. The van der Waals surface area contributed by atoms with Gasteiger partial charge in [-0.2, -0.15) is 13.2 Å². The summed E-state index contributed by atoms with van der Waals surface area (Å²) in [6.45, 7) is -0.0909. The van der Waals surface area contributed by atoms with E-state index in [2.05, 4.69) is 39.7 Å². The molecular weight excluding hydrogens is 590 g/mol. The van der Waals surface area contributed by atoms with Crippen LogP contribution in [0.2, 0.25) is 0 Å². The van der Waals surface area contributed by atoms with Crippen molar-refractivity contribution in [3.63, 3.8) is 0 Å². The van der Waals surface area contributed by atoms with Crippen LogP contribution < -0.4 is 4.74 Å². The van der Waals surface area contributed by atoms with Gasteiger partial charge >= 0.3 is 6.18 Å². The Morgan fingerprint density at radius 2 is 1.89 bits per heavy atom. The number of carbonyl (C=O) groups excluding carboxylic acids is 1. The fraction of sp³-hybridized carbons (Fsp3) is 0.385. The Kier molecular flexibility index (Phi) is 8.15. The first kappa shape index (κ1) is 28.4. The van der Waals surface area contributed by atoms with Gasteiger partial charge in [0, 0.05) is 27.9 Å². The summed E-state index contributed by atoms with van der Waals surface area (Å²) >= 11 is 3.36. The minimum absolute atomic E-state index is 0.0915. The van der Waals surface area contributed by atoms with Gasteiger partial charge in [0.05, 0.1) is 19.9 Å². The van der Waals surface area contributed by atoms with Crippen molar-refractivity contribution in [2.24, 2.45) is 0 Å². The van der Waals surface area contributed by atoms with Crippen LogP contribution in [0.25, 0.3) is 0 Å². The number of aromatic nitrogens is 2. The summed E-state index contributed by atoms with van der Waals surface area (Å²) < 4.78 is 69.5. The summed E-state index contributed by atoms with van der Waals surface area (Å²) in [5.74, 6) is -0.241. The van der Waals surface area contributed by atoms with Crippen LogP contribution in [0.1, 0.15) is 39.0 Å². The summed E-state index contributed by atoms with van der Waals surface area (Å²) in [5.41, 5.74) is 0.241. The van der Waals surface area contributed by atoms with E-state index in [1.165, 1.54) is 24.1 Å². The van der Waals surface area contributed by atoms with Gasteiger partial charge < -0.3 is 14.4 Å². The van der Waals surface area contributed by atoms with Gasteiger partial charge in [0.1, 0.15) is 35.9 Å². The SMILES string of the molecule is COc1ccc(F)cc1C(c1ncc(C(F)(F)F)n1COCCS(C)(C)C)N1Cc2ccc(Br)cc2C1=O. The number of ether oxygens (including phenoxy) is 2. The van der Waals surface area contributed by atoms with Crippen molar-refractivity contribution in [3.8, 4) is 5.75 Å². The molecule has 0 aliphatic carbocycles. The molecule has 1 aliphatic heterocycles. The van der Waals surface area contributed by atoms with Crippen LogP contribution in [0.3, 0.4) is 0 Å². The molecule has 6 nitrogen and oxygen atoms in total. The van der Waals surface area contributed by atoms with Crippen LogP contribution in [-0.2, 0) is 24.2 Å². The van der Waals surface area contributed by atoms with E-state index in [1.807, 2.05) is 0 Å². The van der Waals surface area contributed by atoms with Gasteiger partial charge in [-0.25, -0.2) is 19.4 Å². The molecule has 2 heterocycles. The molecule has 0 saturated heterocycles. The first-order valence-corrected chi connectivity index (χ1v) is 15.4. The quantitative estimate of drug-likeness (QED) is 0.211. The minimum Gasteiger partial charge on any atom is -0.496 e. The maximum atomic E-state index is 14.5. The highest BCUT2D eigenvalue weighted by atomic mass is 79.9. The van der Waals surface area contributed by atoms with Crippen LogP contribution in [0.15, 0.2) is 47.1 Å². The molecule has 4 rings (SSSR count). The standard InChI is InChI=1S/C26H28BrF4N3O3S/c1-36-21-8-7-18(28)12-20(21)23(33-14-16-5-6-17(27)11-19(16)25(33)35)24-32-13-22(26(29,30)31)34(24)15-37-9-10-38(2,3)4/h5-8,11-13,23H,9-10,14-15H2,1-4H3. The molecule has 1 atom stereocenters.